The first-order valence-electron chi connectivity index (χ1n) is 8.79. The number of hydrogen-bond donors (Lipinski definition) is 0. The Morgan fingerprint density at radius 3 is 2.68 bits per heavy atom. The van der Waals surface area contributed by atoms with Gasteiger partial charge in [-0.1, -0.05) is 56.3 Å². The highest BCUT2D eigenvalue weighted by atomic mass is 16.5. The average molecular weight is 333 g/mol. The Balaban J connectivity index is 1.60. The number of Topliss-reactive ketones (excluding diaryl/α,β-unsaturated/α-hetero) is 1. The number of allylic oxidation sites excluding steroid dienone is 1. The normalized spacial score (nSPS) is 22.5. The van der Waals surface area contributed by atoms with Gasteiger partial charge in [-0.15, -0.1) is 0 Å². The van der Waals surface area contributed by atoms with Crippen molar-refractivity contribution in [2.75, 3.05) is 11.9 Å². The maximum Gasteiger partial charge on any atom is 0.178 e. The first-order chi connectivity index (χ1) is 12.0. The minimum Gasteiger partial charge on any atom is -0.482 e. The summed E-state index contributed by atoms with van der Waals surface area (Å²) in [5.41, 5.74) is 4.71. The smallest absolute Gasteiger partial charge is 0.178 e. The van der Waals surface area contributed by atoms with Crippen molar-refractivity contribution in [2.24, 2.45) is 0 Å². The molecular formula is C22H23NO2. The van der Waals surface area contributed by atoms with Crippen molar-refractivity contribution in [3.8, 4) is 5.75 Å². The van der Waals surface area contributed by atoms with Crippen LogP contribution < -0.4 is 9.64 Å². The summed E-state index contributed by atoms with van der Waals surface area (Å²) < 4.78 is 5.97. The van der Waals surface area contributed by atoms with Gasteiger partial charge in [0.25, 0.3) is 0 Å². The Morgan fingerprint density at radius 1 is 1.16 bits per heavy atom. The van der Waals surface area contributed by atoms with Crippen LogP contribution in [0.2, 0.25) is 0 Å². The molecule has 0 saturated heterocycles. The summed E-state index contributed by atoms with van der Waals surface area (Å²) in [4.78, 5) is 14.7. The standard InChI is InChI=1S/C22H23NO2/c1-22(2)16-9-5-6-10-17(16)23(3)21(22)13-12-20-18(24)14-15-8-4-7-11-19(15)25-20/h4-11,13,20H,12,14H2,1-3H3. The molecule has 3 nitrogen and oxygen atoms in total. The van der Waals surface area contributed by atoms with E-state index in [1.165, 1.54) is 16.9 Å². The number of ketones is 1. The highest BCUT2D eigenvalue weighted by molar-refractivity contribution is 5.88. The van der Waals surface area contributed by atoms with Gasteiger partial charge >= 0.3 is 0 Å². The molecule has 0 spiro atoms. The van der Waals surface area contributed by atoms with Crippen molar-refractivity contribution in [3.63, 3.8) is 0 Å². The van der Waals surface area contributed by atoms with Crippen molar-refractivity contribution in [1.82, 2.24) is 0 Å². The zero-order valence-corrected chi connectivity index (χ0v) is 15.0. The number of likely N-dealkylation sites (N-methyl/N-ethyl adjacent to an activating group) is 1. The second-order valence-corrected chi connectivity index (χ2v) is 7.38. The van der Waals surface area contributed by atoms with E-state index >= 15 is 0 Å². The Bertz CT molecular complexity index is 866. The second kappa shape index (κ2) is 5.76. The molecule has 2 aliphatic rings. The minimum atomic E-state index is -0.393. The van der Waals surface area contributed by atoms with Gasteiger partial charge in [0.2, 0.25) is 0 Å². The maximum absolute atomic E-state index is 12.5. The fourth-order valence-corrected chi connectivity index (χ4v) is 4.06. The van der Waals surface area contributed by atoms with E-state index in [1.807, 2.05) is 24.3 Å². The van der Waals surface area contributed by atoms with E-state index < -0.39 is 6.10 Å². The third-order valence-electron chi connectivity index (χ3n) is 5.43. The molecular weight excluding hydrogens is 310 g/mol. The molecule has 2 aliphatic heterocycles. The minimum absolute atomic E-state index is 0.0685. The Kier molecular flexibility index (Phi) is 3.68. The van der Waals surface area contributed by atoms with Gasteiger partial charge in [0, 0.05) is 42.3 Å². The number of benzene rings is 2. The molecule has 0 aromatic heterocycles. The molecule has 0 amide bonds. The molecule has 0 fully saturated rings. The van der Waals surface area contributed by atoms with Crippen molar-refractivity contribution in [1.29, 1.82) is 0 Å². The van der Waals surface area contributed by atoms with Crippen molar-refractivity contribution in [3.05, 3.63) is 71.4 Å². The molecule has 128 valence electrons. The molecule has 0 saturated carbocycles. The third kappa shape index (κ3) is 2.55. The molecule has 0 radical (unpaired) electrons. The van der Waals surface area contributed by atoms with Crippen LogP contribution in [0.5, 0.6) is 5.75 Å². The van der Waals surface area contributed by atoms with Gasteiger partial charge in [-0.3, -0.25) is 4.79 Å². The average Bonchev–Trinajstić information content (AvgIpc) is 2.80. The van der Waals surface area contributed by atoms with Gasteiger partial charge in [0.1, 0.15) is 5.75 Å². The Morgan fingerprint density at radius 2 is 1.88 bits per heavy atom. The van der Waals surface area contributed by atoms with Gasteiger partial charge < -0.3 is 9.64 Å². The quantitative estimate of drug-likeness (QED) is 0.822. The lowest BCUT2D eigenvalue weighted by Crippen LogP contribution is -2.33. The number of fused-ring (bicyclic) bond motifs is 2. The summed E-state index contributed by atoms with van der Waals surface area (Å²) in [7, 11) is 2.10. The van der Waals surface area contributed by atoms with Crippen molar-refractivity contribution < 1.29 is 9.53 Å². The van der Waals surface area contributed by atoms with Crippen LogP contribution in [0.4, 0.5) is 5.69 Å². The number of nitrogens with zero attached hydrogens (tertiary/aromatic N) is 1. The molecule has 3 heteroatoms. The zero-order valence-electron chi connectivity index (χ0n) is 15.0. The van der Waals surface area contributed by atoms with Crippen LogP contribution in [0.1, 0.15) is 31.4 Å². The fraction of sp³-hybridized carbons (Fsp3) is 0.318. The van der Waals surface area contributed by atoms with Crippen LogP contribution >= 0.6 is 0 Å². The topological polar surface area (TPSA) is 29.5 Å². The number of ether oxygens (including phenoxy) is 1. The summed E-state index contributed by atoms with van der Waals surface area (Å²) in [6, 6.07) is 16.3. The van der Waals surface area contributed by atoms with Crippen molar-refractivity contribution in [2.45, 2.75) is 38.2 Å². The molecule has 1 atom stereocenters. The highest BCUT2D eigenvalue weighted by Gasteiger charge is 2.38. The number of anilines is 1. The summed E-state index contributed by atoms with van der Waals surface area (Å²) in [6.07, 6.45) is 2.85. The molecule has 25 heavy (non-hydrogen) atoms. The third-order valence-corrected chi connectivity index (χ3v) is 5.43. The summed E-state index contributed by atoms with van der Waals surface area (Å²) in [6.45, 7) is 4.47. The van der Waals surface area contributed by atoms with E-state index in [0.29, 0.717) is 12.8 Å². The summed E-state index contributed by atoms with van der Waals surface area (Å²) in [5.74, 6) is 0.999. The predicted octanol–water partition coefficient (Wildman–Crippen LogP) is 4.26. The molecule has 0 aliphatic carbocycles. The fourth-order valence-electron chi connectivity index (χ4n) is 4.06. The Hall–Kier alpha value is -2.55. The number of rotatable bonds is 2. The lowest BCUT2D eigenvalue weighted by Gasteiger charge is -2.27. The van der Waals surface area contributed by atoms with Crippen LogP contribution in [-0.4, -0.2) is 18.9 Å². The number of para-hydroxylation sites is 2. The molecule has 2 heterocycles. The number of hydrogen-bond acceptors (Lipinski definition) is 3. The van der Waals surface area contributed by atoms with Gasteiger partial charge in [-0.05, 0) is 17.7 Å². The Labute approximate surface area is 148 Å². The summed E-state index contributed by atoms with van der Waals surface area (Å²) >= 11 is 0. The second-order valence-electron chi connectivity index (χ2n) is 7.38. The molecule has 2 aromatic rings. The number of carbonyl (C=O) groups excluding carboxylic acids is 1. The van der Waals surface area contributed by atoms with E-state index in [2.05, 4.69) is 56.1 Å². The molecule has 2 aromatic carbocycles. The predicted molar refractivity (Wildman–Crippen MR) is 100 cm³/mol. The van der Waals surface area contributed by atoms with Crippen molar-refractivity contribution >= 4 is 11.5 Å². The van der Waals surface area contributed by atoms with Crippen LogP contribution in [-0.2, 0) is 16.6 Å². The van der Waals surface area contributed by atoms with E-state index in [4.69, 9.17) is 4.74 Å². The number of carbonyl (C=O) groups is 1. The lowest BCUT2D eigenvalue weighted by molar-refractivity contribution is -0.126. The van der Waals surface area contributed by atoms with Gasteiger partial charge in [-0.2, -0.15) is 0 Å². The van der Waals surface area contributed by atoms with Gasteiger partial charge in [-0.25, -0.2) is 0 Å². The molecule has 0 N–H and O–H groups in total. The highest BCUT2D eigenvalue weighted by Crippen LogP contribution is 2.46. The van der Waals surface area contributed by atoms with Gasteiger partial charge in [0.15, 0.2) is 11.9 Å². The monoisotopic (exact) mass is 333 g/mol. The molecule has 0 bridgehead atoms. The largest absolute Gasteiger partial charge is 0.482 e. The van der Waals surface area contributed by atoms with Crippen LogP contribution in [0.25, 0.3) is 0 Å². The summed E-state index contributed by atoms with van der Waals surface area (Å²) in [5, 5.41) is 0. The maximum atomic E-state index is 12.5. The van der Waals surface area contributed by atoms with Crippen LogP contribution in [0, 0.1) is 0 Å². The SMILES string of the molecule is CN1C(=CCC2Oc3ccccc3CC2=O)C(C)(C)c2ccccc21. The molecule has 1 unspecified atom stereocenters. The van der Waals surface area contributed by atoms with Crippen LogP contribution in [0.3, 0.4) is 0 Å². The van der Waals surface area contributed by atoms with E-state index in [-0.39, 0.29) is 11.2 Å². The van der Waals surface area contributed by atoms with E-state index in [0.717, 1.165) is 11.3 Å². The van der Waals surface area contributed by atoms with E-state index in [9.17, 15) is 4.79 Å². The lowest BCUT2D eigenvalue weighted by atomic mass is 9.83. The first kappa shape index (κ1) is 15.9. The first-order valence-corrected chi connectivity index (χ1v) is 8.79. The van der Waals surface area contributed by atoms with Crippen LogP contribution in [0.15, 0.2) is 60.3 Å². The van der Waals surface area contributed by atoms with Gasteiger partial charge in [0.05, 0.1) is 0 Å². The molecule has 4 rings (SSSR count). The van der Waals surface area contributed by atoms with E-state index in [1.54, 1.807) is 0 Å². The zero-order chi connectivity index (χ0) is 17.6.